The quantitative estimate of drug-likeness (QED) is 0.679. The molecule has 1 atom stereocenters. The summed E-state index contributed by atoms with van der Waals surface area (Å²) in [5.74, 6) is 0.174. The Morgan fingerprint density at radius 2 is 1.80 bits per heavy atom. The minimum Gasteiger partial charge on any atom is -0.355 e. The van der Waals surface area contributed by atoms with Crippen LogP contribution < -0.4 is 4.90 Å². The molecule has 1 aliphatic heterocycles. The summed E-state index contributed by atoms with van der Waals surface area (Å²) in [5, 5.41) is 0. The number of carbonyl (C=O) groups is 2. The van der Waals surface area contributed by atoms with E-state index in [2.05, 4.69) is 0 Å². The van der Waals surface area contributed by atoms with Crippen molar-refractivity contribution in [1.82, 2.24) is 0 Å². The van der Waals surface area contributed by atoms with Gasteiger partial charge in [-0.3, -0.25) is 9.59 Å². The molecule has 0 saturated heterocycles. The second-order valence-corrected chi connectivity index (χ2v) is 6.75. The molecule has 2 aliphatic carbocycles. The van der Waals surface area contributed by atoms with Crippen molar-refractivity contribution >= 4 is 17.3 Å². The summed E-state index contributed by atoms with van der Waals surface area (Å²) in [5.41, 5.74) is 0.844. The average molecular weight is 269 g/mol. The Morgan fingerprint density at radius 1 is 1.10 bits per heavy atom. The predicted molar refractivity (Wildman–Crippen MR) is 77.0 cm³/mol. The number of fused-ring (bicyclic) bond motifs is 1. The van der Waals surface area contributed by atoms with Crippen molar-refractivity contribution in [3.63, 3.8) is 0 Å². The molecule has 2 saturated carbocycles. The van der Waals surface area contributed by atoms with Gasteiger partial charge in [0.05, 0.1) is 0 Å². The largest absolute Gasteiger partial charge is 0.355 e. The second-order valence-electron chi connectivity index (χ2n) is 6.75. The first kappa shape index (κ1) is 12.1. The summed E-state index contributed by atoms with van der Waals surface area (Å²) in [6.45, 7) is 0. The number of rotatable bonds is 0. The van der Waals surface area contributed by atoms with Gasteiger partial charge in [-0.15, -0.1) is 0 Å². The third kappa shape index (κ3) is 1.26. The number of carbonyl (C=O) groups excluding carboxylic acids is 2. The fraction of sp³-hybridized carbons (Fsp3) is 0.529. The highest BCUT2D eigenvalue weighted by atomic mass is 16.2. The lowest BCUT2D eigenvalue weighted by molar-refractivity contribution is -0.120. The Bertz CT molecular complexity index is 615. The number of ketones is 2. The van der Waals surface area contributed by atoms with Gasteiger partial charge >= 0.3 is 0 Å². The van der Waals surface area contributed by atoms with E-state index in [-0.39, 0.29) is 17.0 Å². The number of hydrogen-bond acceptors (Lipinski definition) is 3. The molecule has 2 spiro atoms. The van der Waals surface area contributed by atoms with Crippen LogP contribution in [0.2, 0.25) is 0 Å². The number of likely N-dealkylation sites (N-methyl/N-ethyl adjacent to an activating group) is 1. The van der Waals surface area contributed by atoms with Crippen LogP contribution in [0.15, 0.2) is 24.3 Å². The number of benzene rings is 1. The van der Waals surface area contributed by atoms with E-state index in [0.717, 1.165) is 30.5 Å². The van der Waals surface area contributed by atoms with Gasteiger partial charge in [-0.1, -0.05) is 25.0 Å². The fourth-order valence-electron chi connectivity index (χ4n) is 4.72. The van der Waals surface area contributed by atoms with E-state index in [1.807, 2.05) is 36.2 Å². The summed E-state index contributed by atoms with van der Waals surface area (Å²) in [4.78, 5) is 27.7. The Labute approximate surface area is 119 Å². The topological polar surface area (TPSA) is 37.4 Å². The average Bonchev–Trinajstić information content (AvgIpc) is 3.07. The molecule has 2 fully saturated rings. The molecule has 0 radical (unpaired) electrons. The van der Waals surface area contributed by atoms with Gasteiger partial charge in [0.25, 0.3) is 0 Å². The van der Waals surface area contributed by atoms with Crippen molar-refractivity contribution in [2.75, 3.05) is 11.9 Å². The zero-order chi connectivity index (χ0) is 14.0. The molecule has 3 heteroatoms. The molecule has 1 aromatic carbocycles. The number of anilines is 1. The highest BCUT2D eigenvalue weighted by Gasteiger charge is 2.63. The van der Waals surface area contributed by atoms with Gasteiger partial charge in [-0.05, 0) is 36.8 Å². The molecule has 1 unspecified atom stereocenters. The van der Waals surface area contributed by atoms with Crippen LogP contribution in [-0.2, 0) is 4.79 Å². The Balaban J connectivity index is 1.83. The predicted octanol–water partition coefficient (Wildman–Crippen LogP) is 2.98. The first-order chi connectivity index (χ1) is 9.59. The monoisotopic (exact) mass is 269 g/mol. The summed E-state index contributed by atoms with van der Waals surface area (Å²) in [6.07, 6.45) is 5.94. The molecule has 0 N–H and O–H groups in total. The van der Waals surface area contributed by atoms with E-state index in [0.29, 0.717) is 6.42 Å². The standard InChI is InChI=1S/C17H19NO2/c1-18-13-7-3-2-6-12(13)15(20)17(18)11-16(10-14(17)19)8-4-5-9-16/h2-3,6-7H,4-5,8-11H2,1H3. The SMILES string of the molecule is CN1c2ccccc2C(=O)C12CC1(CCCC1)CC2=O. The number of nitrogens with zero attached hydrogens (tertiary/aromatic N) is 1. The maximum atomic E-state index is 12.9. The maximum absolute atomic E-state index is 12.9. The maximum Gasteiger partial charge on any atom is 0.198 e. The van der Waals surface area contributed by atoms with Gasteiger partial charge in [-0.2, -0.15) is 0 Å². The van der Waals surface area contributed by atoms with E-state index < -0.39 is 5.54 Å². The van der Waals surface area contributed by atoms with Crippen LogP contribution in [0.1, 0.15) is 48.9 Å². The molecule has 0 bridgehead atoms. The molecule has 4 rings (SSSR count). The van der Waals surface area contributed by atoms with Crippen LogP contribution in [0, 0.1) is 5.41 Å². The van der Waals surface area contributed by atoms with Crippen molar-refractivity contribution in [1.29, 1.82) is 0 Å². The van der Waals surface area contributed by atoms with Crippen LogP contribution in [0.3, 0.4) is 0 Å². The minimum absolute atomic E-state index is 0.0318. The van der Waals surface area contributed by atoms with E-state index in [4.69, 9.17) is 0 Å². The Hall–Kier alpha value is -1.64. The van der Waals surface area contributed by atoms with E-state index >= 15 is 0 Å². The zero-order valence-electron chi connectivity index (χ0n) is 11.8. The third-order valence-electron chi connectivity index (χ3n) is 5.75. The van der Waals surface area contributed by atoms with Gasteiger partial charge in [-0.25, -0.2) is 0 Å². The molecule has 104 valence electrons. The van der Waals surface area contributed by atoms with E-state index in [1.54, 1.807) is 0 Å². The van der Waals surface area contributed by atoms with Gasteiger partial charge in [0, 0.05) is 24.7 Å². The Morgan fingerprint density at radius 3 is 2.50 bits per heavy atom. The van der Waals surface area contributed by atoms with Crippen LogP contribution in [0.25, 0.3) is 0 Å². The molecular formula is C17H19NO2. The smallest absolute Gasteiger partial charge is 0.198 e. The summed E-state index contributed by atoms with van der Waals surface area (Å²) < 4.78 is 0. The zero-order valence-corrected chi connectivity index (χ0v) is 11.8. The summed E-state index contributed by atoms with van der Waals surface area (Å²) in [6, 6.07) is 7.63. The normalized spacial score (nSPS) is 30.8. The number of hydrogen-bond donors (Lipinski definition) is 0. The lowest BCUT2D eigenvalue weighted by Gasteiger charge is -2.33. The molecule has 3 nitrogen and oxygen atoms in total. The lowest BCUT2D eigenvalue weighted by atomic mass is 9.80. The van der Waals surface area contributed by atoms with E-state index in [9.17, 15) is 9.59 Å². The van der Waals surface area contributed by atoms with Crippen LogP contribution in [0.4, 0.5) is 5.69 Å². The molecule has 0 amide bonds. The molecular weight excluding hydrogens is 250 g/mol. The number of Topliss-reactive ketones (excluding diaryl/α,β-unsaturated/α-hetero) is 2. The molecule has 20 heavy (non-hydrogen) atoms. The van der Waals surface area contributed by atoms with Crippen LogP contribution in [-0.4, -0.2) is 24.2 Å². The van der Waals surface area contributed by atoms with Crippen molar-refractivity contribution < 1.29 is 9.59 Å². The first-order valence-corrected chi connectivity index (χ1v) is 7.50. The van der Waals surface area contributed by atoms with Gasteiger partial charge in [0.2, 0.25) is 0 Å². The van der Waals surface area contributed by atoms with Crippen molar-refractivity contribution in [3.8, 4) is 0 Å². The number of para-hydroxylation sites is 1. The lowest BCUT2D eigenvalue weighted by Crippen LogP contribution is -2.52. The van der Waals surface area contributed by atoms with Crippen LogP contribution >= 0.6 is 0 Å². The highest BCUT2D eigenvalue weighted by Crippen LogP contribution is 2.57. The summed E-state index contributed by atoms with van der Waals surface area (Å²) in [7, 11) is 1.91. The molecule has 3 aliphatic rings. The van der Waals surface area contributed by atoms with Crippen molar-refractivity contribution in [2.24, 2.45) is 5.41 Å². The van der Waals surface area contributed by atoms with Crippen LogP contribution in [0.5, 0.6) is 0 Å². The third-order valence-corrected chi connectivity index (χ3v) is 5.75. The fourth-order valence-corrected chi connectivity index (χ4v) is 4.72. The van der Waals surface area contributed by atoms with Gasteiger partial charge < -0.3 is 4.90 Å². The molecule has 1 aromatic rings. The molecule has 0 aromatic heterocycles. The Kier molecular flexibility index (Phi) is 2.25. The first-order valence-electron chi connectivity index (χ1n) is 7.50. The van der Waals surface area contributed by atoms with E-state index in [1.165, 1.54) is 12.8 Å². The highest BCUT2D eigenvalue weighted by molar-refractivity contribution is 6.27. The molecule has 1 heterocycles. The minimum atomic E-state index is -0.895. The van der Waals surface area contributed by atoms with Crippen molar-refractivity contribution in [2.45, 2.75) is 44.1 Å². The summed E-state index contributed by atoms with van der Waals surface area (Å²) >= 11 is 0. The second kappa shape index (κ2) is 3.72. The van der Waals surface area contributed by atoms with Gasteiger partial charge in [0.1, 0.15) is 0 Å². The van der Waals surface area contributed by atoms with Gasteiger partial charge in [0.15, 0.2) is 17.1 Å². The van der Waals surface area contributed by atoms with Crippen molar-refractivity contribution in [3.05, 3.63) is 29.8 Å².